The van der Waals surface area contributed by atoms with Gasteiger partial charge in [-0.05, 0) is 28.3 Å². The number of hydrogen-bond acceptors (Lipinski definition) is 8. The molecule has 198 valence electrons. The van der Waals surface area contributed by atoms with E-state index in [0.29, 0.717) is 18.1 Å². The van der Waals surface area contributed by atoms with Gasteiger partial charge in [0, 0.05) is 18.5 Å². The van der Waals surface area contributed by atoms with Crippen LogP contribution in [0.25, 0.3) is 22.5 Å². The number of aryl methyl sites for hydroxylation is 1. The summed E-state index contributed by atoms with van der Waals surface area (Å²) in [4.78, 5) is 27.9. The highest BCUT2D eigenvalue weighted by atomic mass is 35.5. The van der Waals surface area contributed by atoms with Crippen molar-refractivity contribution in [3.63, 3.8) is 0 Å². The molecule has 0 saturated carbocycles. The first-order valence-electron chi connectivity index (χ1n) is 12.2. The van der Waals surface area contributed by atoms with Gasteiger partial charge in [0.1, 0.15) is 18.5 Å². The van der Waals surface area contributed by atoms with Crippen molar-refractivity contribution in [1.82, 2.24) is 30.2 Å². The molecule has 0 aliphatic carbocycles. The maximum absolute atomic E-state index is 12.3. The van der Waals surface area contributed by atoms with Crippen molar-refractivity contribution >= 4 is 23.5 Å². The number of aromatic nitrogens is 6. The standard InChI is InChI=1S/C26H29ClN8O3/c1-2-3-8-23-30-24(27)21(15-38-26(37)20(28)13-22(29)36)35(23)14-16-9-11-17(12-10-16)18-6-4-5-7-19(18)25-31-33-34-32-25/h4-7,9-12,20H,2-3,8,13-15,28H2,1H3,(H2,29,36)(H,31,32,33,34)/t20-/m1/s1. The Labute approximate surface area is 224 Å². The van der Waals surface area contributed by atoms with E-state index in [1.807, 2.05) is 53.1 Å². The van der Waals surface area contributed by atoms with Gasteiger partial charge < -0.3 is 20.8 Å². The molecular formula is C26H29ClN8O3. The number of carbonyl (C=O) groups is 2. The Balaban J connectivity index is 1.57. The number of unbranched alkanes of at least 4 members (excludes halogenated alkanes) is 1. The van der Waals surface area contributed by atoms with E-state index >= 15 is 0 Å². The van der Waals surface area contributed by atoms with Crippen LogP contribution in [0.3, 0.4) is 0 Å². The lowest BCUT2D eigenvalue weighted by Crippen LogP contribution is -2.36. The number of aromatic amines is 1. The van der Waals surface area contributed by atoms with E-state index in [9.17, 15) is 9.59 Å². The molecule has 38 heavy (non-hydrogen) atoms. The molecule has 5 N–H and O–H groups in total. The number of H-pyrrole nitrogens is 1. The number of primary amides is 1. The molecule has 0 radical (unpaired) electrons. The van der Waals surface area contributed by atoms with Crippen LogP contribution in [0.5, 0.6) is 0 Å². The fourth-order valence-electron chi connectivity index (χ4n) is 4.08. The van der Waals surface area contributed by atoms with Crippen molar-refractivity contribution in [2.75, 3.05) is 0 Å². The summed E-state index contributed by atoms with van der Waals surface area (Å²) >= 11 is 6.47. The molecule has 0 aliphatic heterocycles. The number of hydrogen-bond donors (Lipinski definition) is 3. The SMILES string of the molecule is CCCCc1nc(Cl)c(COC(=O)[C@H](N)CC(N)=O)n1Cc1ccc(-c2ccccc2-c2nn[nH]n2)cc1. The highest BCUT2D eigenvalue weighted by molar-refractivity contribution is 6.30. The van der Waals surface area contributed by atoms with E-state index in [2.05, 4.69) is 32.5 Å². The molecule has 0 unspecified atom stereocenters. The van der Waals surface area contributed by atoms with Gasteiger partial charge in [0.25, 0.3) is 0 Å². The van der Waals surface area contributed by atoms with Gasteiger partial charge in [0.15, 0.2) is 5.15 Å². The summed E-state index contributed by atoms with van der Waals surface area (Å²) in [6.07, 6.45) is 2.35. The van der Waals surface area contributed by atoms with E-state index in [1.54, 1.807) is 0 Å². The number of imidazole rings is 1. The molecule has 11 nitrogen and oxygen atoms in total. The van der Waals surface area contributed by atoms with Gasteiger partial charge in [0.2, 0.25) is 11.7 Å². The molecule has 0 saturated heterocycles. The van der Waals surface area contributed by atoms with Crippen LogP contribution < -0.4 is 11.5 Å². The molecule has 2 heterocycles. The molecule has 4 aromatic rings. The fraction of sp³-hybridized carbons (Fsp3) is 0.308. The second-order valence-corrected chi connectivity index (χ2v) is 9.18. The summed E-state index contributed by atoms with van der Waals surface area (Å²) in [6, 6.07) is 14.8. The molecule has 0 bridgehead atoms. The van der Waals surface area contributed by atoms with Crippen LogP contribution in [0.4, 0.5) is 0 Å². The first-order chi connectivity index (χ1) is 18.4. The van der Waals surface area contributed by atoms with Gasteiger partial charge in [-0.1, -0.05) is 73.5 Å². The number of nitrogens with two attached hydrogens (primary N) is 2. The van der Waals surface area contributed by atoms with Gasteiger partial charge >= 0.3 is 5.97 Å². The predicted octanol–water partition coefficient (Wildman–Crippen LogP) is 3.02. The third kappa shape index (κ3) is 6.42. The first kappa shape index (κ1) is 27.0. The Morgan fingerprint density at radius 1 is 1.13 bits per heavy atom. The maximum Gasteiger partial charge on any atom is 0.323 e. The van der Waals surface area contributed by atoms with Crippen LogP contribution in [-0.2, 0) is 33.9 Å². The number of benzene rings is 2. The summed E-state index contributed by atoms with van der Waals surface area (Å²) in [5, 5.41) is 14.6. The zero-order chi connectivity index (χ0) is 27.1. The van der Waals surface area contributed by atoms with E-state index in [4.69, 9.17) is 27.8 Å². The van der Waals surface area contributed by atoms with Crippen molar-refractivity contribution in [2.24, 2.45) is 11.5 Å². The lowest BCUT2D eigenvalue weighted by molar-refractivity contribution is -0.147. The van der Waals surface area contributed by atoms with Crippen LogP contribution in [0.1, 0.15) is 43.3 Å². The van der Waals surface area contributed by atoms with Crippen molar-refractivity contribution in [2.45, 2.75) is 51.8 Å². The van der Waals surface area contributed by atoms with E-state index < -0.39 is 17.9 Å². The normalized spacial score (nSPS) is 11.9. The first-order valence-corrected chi connectivity index (χ1v) is 12.6. The third-order valence-electron chi connectivity index (χ3n) is 6.05. The van der Waals surface area contributed by atoms with Gasteiger partial charge in [-0.15, -0.1) is 10.2 Å². The fourth-order valence-corrected chi connectivity index (χ4v) is 4.33. The van der Waals surface area contributed by atoms with Crippen LogP contribution in [0, 0.1) is 0 Å². The van der Waals surface area contributed by atoms with Crippen LogP contribution in [0.15, 0.2) is 48.5 Å². The minimum absolute atomic E-state index is 0.126. The maximum atomic E-state index is 12.3. The third-order valence-corrected chi connectivity index (χ3v) is 6.35. The summed E-state index contributed by atoms with van der Waals surface area (Å²) in [5.74, 6) is -0.0843. The zero-order valence-electron chi connectivity index (χ0n) is 20.9. The lowest BCUT2D eigenvalue weighted by atomic mass is 9.98. The second kappa shape index (κ2) is 12.4. The number of rotatable bonds is 12. The largest absolute Gasteiger partial charge is 0.458 e. The topological polar surface area (TPSA) is 168 Å². The molecule has 4 rings (SSSR count). The number of nitrogens with one attached hydrogen (secondary N) is 1. The molecule has 2 aromatic heterocycles. The van der Waals surface area contributed by atoms with Crippen LogP contribution >= 0.6 is 11.6 Å². The Hall–Kier alpha value is -4.09. The molecule has 12 heteroatoms. The summed E-state index contributed by atoms with van der Waals surface area (Å²) in [7, 11) is 0. The Bertz CT molecular complexity index is 1390. The molecule has 1 amide bonds. The van der Waals surface area contributed by atoms with E-state index in [0.717, 1.165) is 47.3 Å². The predicted molar refractivity (Wildman–Crippen MR) is 142 cm³/mol. The van der Waals surface area contributed by atoms with E-state index in [1.165, 1.54) is 0 Å². The molecule has 0 fully saturated rings. The number of halogens is 1. The highest BCUT2D eigenvalue weighted by Gasteiger charge is 2.21. The van der Waals surface area contributed by atoms with Crippen molar-refractivity contribution in [3.05, 3.63) is 70.8 Å². The van der Waals surface area contributed by atoms with Gasteiger partial charge in [-0.2, -0.15) is 5.21 Å². The average Bonchev–Trinajstić information content (AvgIpc) is 3.54. The zero-order valence-corrected chi connectivity index (χ0v) is 21.7. The number of tetrazole rings is 1. The summed E-state index contributed by atoms with van der Waals surface area (Å²) in [6.45, 7) is 2.45. The number of carbonyl (C=O) groups excluding carboxylic acids is 2. The van der Waals surface area contributed by atoms with Crippen molar-refractivity contribution in [3.8, 4) is 22.5 Å². The van der Waals surface area contributed by atoms with Crippen LogP contribution in [-0.4, -0.2) is 48.1 Å². The number of ether oxygens (including phenoxy) is 1. The quantitative estimate of drug-likeness (QED) is 0.232. The average molecular weight is 537 g/mol. The highest BCUT2D eigenvalue weighted by Crippen LogP contribution is 2.30. The Morgan fingerprint density at radius 2 is 1.87 bits per heavy atom. The summed E-state index contributed by atoms with van der Waals surface area (Å²) in [5.41, 5.74) is 15.3. The number of esters is 1. The van der Waals surface area contributed by atoms with Gasteiger partial charge in [-0.25, -0.2) is 4.98 Å². The molecule has 2 aromatic carbocycles. The Morgan fingerprint density at radius 3 is 2.53 bits per heavy atom. The minimum atomic E-state index is -1.13. The molecule has 0 aliphatic rings. The monoisotopic (exact) mass is 536 g/mol. The Kier molecular flexibility index (Phi) is 8.82. The molecule has 1 atom stereocenters. The number of amides is 1. The second-order valence-electron chi connectivity index (χ2n) is 8.82. The van der Waals surface area contributed by atoms with Gasteiger partial charge in [0.05, 0.1) is 12.1 Å². The minimum Gasteiger partial charge on any atom is -0.458 e. The van der Waals surface area contributed by atoms with Crippen molar-refractivity contribution < 1.29 is 14.3 Å². The van der Waals surface area contributed by atoms with Gasteiger partial charge in [-0.3, -0.25) is 9.59 Å². The summed E-state index contributed by atoms with van der Waals surface area (Å²) < 4.78 is 7.32. The van der Waals surface area contributed by atoms with Crippen LogP contribution in [0.2, 0.25) is 5.15 Å². The molecule has 0 spiro atoms. The van der Waals surface area contributed by atoms with Crippen molar-refractivity contribution in [1.29, 1.82) is 0 Å². The lowest BCUT2D eigenvalue weighted by Gasteiger charge is -2.15. The molecular weight excluding hydrogens is 508 g/mol. The van der Waals surface area contributed by atoms with E-state index in [-0.39, 0.29) is 18.2 Å². The number of nitrogens with zero attached hydrogens (tertiary/aromatic N) is 5. The smallest absolute Gasteiger partial charge is 0.323 e.